The van der Waals surface area contributed by atoms with E-state index in [9.17, 15) is 9.18 Å². The van der Waals surface area contributed by atoms with Gasteiger partial charge in [-0.05, 0) is 98.4 Å². The number of hydrogen-bond acceptors (Lipinski definition) is 3. The van der Waals surface area contributed by atoms with E-state index in [1.54, 1.807) is 12.1 Å². The maximum Gasteiger partial charge on any atom is 0.163 e. The lowest BCUT2D eigenvalue weighted by atomic mass is 9.89. The Hall–Kier alpha value is -2.72. The van der Waals surface area contributed by atoms with Gasteiger partial charge in [-0.25, -0.2) is 4.39 Å². The lowest BCUT2D eigenvalue weighted by Crippen LogP contribution is -2.14. The van der Waals surface area contributed by atoms with Crippen LogP contribution < -0.4 is 11.1 Å². The van der Waals surface area contributed by atoms with Crippen molar-refractivity contribution < 1.29 is 9.18 Å². The van der Waals surface area contributed by atoms with Crippen molar-refractivity contribution in [2.75, 3.05) is 6.54 Å². The van der Waals surface area contributed by atoms with Gasteiger partial charge in [-0.15, -0.1) is 0 Å². The van der Waals surface area contributed by atoms with E-state index in [1.165, 1.54) is 11.6 Å². The Morgan fingerprint density at radius 3 is 2.67 bits per heavy atom. The van der Waals surface area contributed by atoms with E-state index >= 15 is 0 Å². The molecule has 0 radical (unpaired) electrons. The lowest BCUT2D eigenvalue weighted by Gasteiger charge is -2.17. The van der Waals surface area contributed by atoms with Crippen LogP contribution in [0.3, 0.4) is 0 Å². The van der Waals surface area contributed by atoms with Gasteiger partial charge in [-0.3, -0.25) is 4.79 Å². The van der Waals surface area contributed by atoms with E-state index in [2.05, 4.69) is 36.5 Å². The molecule has 1 aliphatic rings. The van der Waals surface area contributed by atoms with Crippen molar-refractivity contribution >= 4 is 11.4 Å². The second-order valence-electron chi connectivity index (χ2n) is 9.22. The molecule has 0 unspecified atom stereocenters. The molecule has 0 saturated heterocycles. The van der Waals surface area contributed by atoms with Crippen LogP contribution >= 0.6 is 0 Å². The molecular formula is C29H37FN2O. The van der Waals surface area contributed by atoms with Crippen molar-refractivity contribution in [3.05, 3.63) is 88.4 Å². The van der Waals surface area contributed by atoms with Crippen LogP contribution in [0.4, 0.5) is 4.39 Å². The first-order valence-corrected chi connectivity index (χ1v) is 12.2. The molecule has 0 amide bonds. The normalized spacial score (nSPS) is 14.0. The molecule has 0 bridgehead atoms. The molecule has 0 aromatic heterocycles. The van der Waals surface area contributed by atoms with Gasteiger partial charge in [0.25, 0.3) is 0 Å². The summed E-state index contributed by atoms with van der Waals surface area (Å²) in [4.78, 5) is 13.1. The number of rotatable bonds is 12. The lowest BCUT2D eigenvalue weighted by molar-refractivity contribution is 0.0978. The van der Waals surface area contributed by atoms with E-state index in [4.69, 9.17) is 5.73 Å². The Morgan fingerprint density at radius 1 is 1.12 bits per heavy atom. The molecule has 0 aliphatic carbocycles. The van der Waals surface area contributed by atoms with Crippen LogP contribution in [0.1, 0.15) is 78.1 Å². The van der Waals surface area contributed by atoms with Crippen molar-refractivity contribution in [2.45, 2.75) is 71.3 Å². The molecule has 3 rings (SSSR count). The van der Waals surface area contributed by atoms with Crippen LogP contribution in [0.2, 0.25) is 0 Å². The fourth-order valence-corrected chi connectivity index (χ4v) is 4.39. The molecule has 3 nitrogen and oxygen atoms in total. The number of dihydropyridines is 1. The third-order valence-electron chi connectivity index (χ3n) is 6.22. The minimum atomic E-state index is -0.185. The third-order valence-corrected chi connectivity index (χ3v) is 6.22. The molecule has 2 aromatic carbocycles. The number of nitrogens with two attached hydrogens (primary N) is 1. The summed E-state index contributed by atoms with van der Waals surface area (Å²) < 4.78 is 13.5. The highest BCUT2D eigenvalue weighted by Crippen LogP contribution is 2.27. The number of allylic oxidation sites excluding steroid dienone is 2. The number of unbranched alkanes of at least 4 members (excludes halogenated alkanes) is 2. The quantitative estimate of drug-likeness (QED) is 0.296. The predicted molar refractivity (Wildman–Crippen MR) is 136 cm³/mol. The van der Waals surface area contributed by atoms with Crippen LogP contribution in [0.25, 0.3) is 5.57 Å². The molecule has 176 valence electrons. The standard InChI is InChI=1S/C29H37FN2O/c1-21-17-28(29(33)15-6-3-9-22(2)31)24(19-27(21)25-13-8-16-32-20-25)12-5-4-10-23-11-7-14-26(30)18-23/h7-8,11,13-14,17-20,22,32H,3-6,9-10,12,15-16,31H2,1-2H3/t22-/m1/s1. The highest BCUT2D eigenvalue weighted by Gasteiger charge is 2.16. The second-order valence-corrected chi connectivity index (χ2v) is 9.22. The fourth-order valence-electron chi connectivity index (χ4n) is 4.39. The van der Waals surface area contributed by atoms with Crippen molar-refractivity contribution in [1.29, 1.82) is 0 Å². The minimum Gasteiger partial charge on any atom is -0.387 e. The van der Waals surface area contributed by atoms with Gasteiger partial charge in [0, 0.05) is 30.8 Å². The maximum absolute atomic E-state index is 13.5. The number of carbonyl (C=O) groups is 1. The average Bonchev–Trinajstić information content (AvgIpc) is 2.80. The molecule has 0 spiro atoms. The number of Topliss-reactive ketones (excluding diaryl/α,β-unsaturated/α-hetero) is 1. The predicted octanol–water partition coefficient (Wildman–Crippen LogP) is 6.29. The maximum atomic E-state index is 13.5. The van der Waals surface area contributed by atoms with E-state index in [0.29, 0.717) is 6.42 Å². The number of halogens is 1. The van der Waals surface area contributed by atoms with Crippen LogP contribution in [0.5, 0.6) is 0 Å². The van der Waals surface area contributed by atoms with Crippen LogP contribution in [-0.4, -0.2) is 18.4 Å². The van der Waals surface area contributed by atoms with E-state index in [0.717, 1.165) is 79.3 Å². The smallest absolute Gasteiger partial charge is 0.163 e. The molecule has 1 aliphatic heterocycles. The number of nitrogens with one attached hydrogen (secondary N) is 1. The molecular weight excluding hydrogens is 411 g/mol. The Balaban J connectivity index is 1.72. The summed E-state index contributed by atoms with van der Waals surface area (Å²) in [5.74, 6) is 0.0377. The number of ketones is 1. The van der Waals surface area contributed by atoms with E-state index < -0.39 is 0 Å². The molecule has 0 fully saturated rings. The summed E-state index contributed by atoms with van der Waals surface area (Å²) in [6.45, 7) is 4.93. The zero-order valence-corrected chi connectivity index (χ0v) is 20.0. The Labute approximate surface area is 198 Å². The summed E-state index contributed by atoms with van der Waals surface area (Å²) >= 11 is 0. The summed E-state index contributed by atoms with van der Waals surface area (Å²) in [6, 6.07) is 11.3. The van der Waals surface area contributed by atoms with Crippen molar-refractivity contribution in [2.24, 2.45) is 5.73 Å². The third kappa shape index (κ3) is 7.68. The van der Waals surface area contributed by atoms with Gasteiger partial charge in [0.05, 0.1) is 0 Å². The highest BCUT2D eigenvalue weighted by molar-refractivity contribution is 5.98. The zero-order valence-electron chi connectivity index (χ0n) is 20.0. The molecule has 4 heteroatoms. The molecule has 2 aromatic rings. The Kier molecular flexibility index (Phi) is 9.44. The van der Waals surface area contributed by atoms with Gasteiger partial charge in [-0.2, -0.15) is 0 Å². The van der Waals surface area contributed by atoms with Crippen molar-refractivity contribution in [3.63, 3.8) is 0 Å². The largest absolute Gasteiger partial charge is 0.387 e. The monoisotopic (exact) mass is 448 g/mol. The Morgan fingerprint density at radius 2 is 1.94 bits per heavy atom. The van der Waals surface area contributed by atoms with Gasteiger partial charge in [0.1, 0.15) is 5.82 Å². The van der Waals surface area contributed by atoms with Crippen LogP contribution in [0, 0.1) is 12.7 Å². The van der Waals surface area contributed by atoms with Gasteiger partial charge in [0.2, 0.25) is 0 Å². The Bertz CT molecular complexity index is 1010. The summed E-state index contributed by atoms with van der Waals surface area (Å²) in [5.41, 5.74) is 12.3. The first kappa shape index (κ1) is 24.9. The van der Waals surface area contributed by atoms with Crippen LogP contribution in [-0.2, 0) is 12.8 Å². The fraction of sp³-hybridized carbons (Fsp3) is 0.414. The number of carbonyl (C=O) groups excluding carboxylic acids is 1. The molecule has 3 N–H and O–H groups in total. The number of benzene rings is 2. The first-order chi connectivity index (χ1) is 15.9. The minimum absolute atomic E-state index is 0.181. The van der Waals surface area contributed by atoms with Gasteiger partial charge < -0.3 is 11.1 Å². The summed E-state index contributed by atoms with van der Waals surface area (Å²) in [6.07, 6.45) is 13.3. The first-order valence-electron chi connectivity index (χ1n) is 12.2. The average molecular weight is 449 g/mol. The zero-order chi connectivity index (χ0) is 23.6. The molecule has 33 heavy (non-hydrogen) atoms. The van der Waals surface area contributed by atoms with Gasteiger partial charge in [-0.1, -0.05) is 36.8 Å². The second kappa shape index (κ2) is 12.5. The number of hydrogen-bond donors (Lipinski definition) is 2. The van der Waals surface area contributed by atoms with E-state index in [1.807, 2.05) is 19.2 Å². The van der Waals surface area contributed by atoms with Gasteiger partial charge >= 0.3 is 0 Å². The highest BCUT2D eigenvalue weighted by atomic mass is 19.1. The summed E-state index contributed by atoms with van der Waals surface area (Å²) in [7, 11) is 0. The SMILES string of the molecule is Cc1cc(C(=O)CCCC[C@@H](C)N)c(CCCCc2cccc(F)c2)cc1C1=CNCC=C1. The molecule has 0 saturated carbocycles. The van der Waals surface area contributed by atoms with Crippen molar-refractivity contribution in [3.8, 4) is 0 Å². The molecule has 1 heterocycles. The van der Waals surface area contributed by atoms with Gasteiger partial charge in [0.15, 0.2) is 5.78 Å². The number of aryl methyl sites for hydroxylation is 3. The van der Waals surface area contributed by atoms with Crippen molar-refractivity contribution in [1.82, 2.24) is 5.32 Å². The summed E-state index contributed by atoms with van der Waals surface area (Å²) in [5, 5.41) is 3.28. The van der Waals surface area contributed by atoms with E-state index in [-0.39, 0.29) is 17.6 Å². The van der Waals surface area contributed by atoms with Crippen LogP contribution in [0.15, 0.2) is 54.8 Å². The molecule has 1 atom stereocenters. The topological polar surface area (TPSA) is 55.1 Å².